The molecule has 0 unspecified atom stereocenters. The number of hydrogen-bond acceptors (Lipinski definition) is 3. The minimum Gasteiger partial charge on any atom is -0.376 e. The molecule has 6 heteroatoms. The molecule has 0 aliphatic rings. The first-order valence-electron chi connectivity index (χ1n) is 8.63. The number of nitrogens with zero attached hydrogens (tertiary/aromatic N) is 1. The van der Waals surface area contributed by atoms with Gasteiger partial charge in [-0.15, -0.1) is 0 Å². The molecule has 2 rings (SSSR count). The van der Waals surface area contributed by atoms with E-state index >= 15 is 0 Å². The van der Waals surface area contributed by atoms with E-state index in [1.807, 2.05) is 32.9 Å². The van der Waals surface area contributed by atoms with Gasteiger partial charge in [-0.25, -0.2) is 0 Å². The van der Waals surface area contributed by atoms with Gasteiger partial charge >= 0.3 is 0 Å². The number of nitrogens with one attached hydrogen (secondary N) is 2. The van der Waals surface area contributed by atoms with E-state index in [0.29, 0.717) is 29.4 Å². The van der Waals surface area contributed by atoms with Gasteiger partial charge in [-0.3, -0.25) is 9.59 Å². The molecule has 0 saturated carbocycles. The van der Waals surface area contributed by atoms with Gasteiger partial charge in [0.25, 0.3) is 5.91 Å². The summed E-state index contributed by atoms with van der Waals surface area (Å²) < 4.78 is 0. The zero-order valence-electron chi connectivity index (χ0n) is 15.3. The molecule has 0 saturated heterocycles. The second-order valence-corrected chi connectivity index (χ2v) is 6.33. The van der Waals surface area contributed by atoms with Crippen LogP contribution >= 0.6 is 11.6 Å². The fourth-order valence-corrected chi connectivity index (χ4v) is 2.66. The van der Waals surface area contributed by atoms with Crippen molar-refractivity contribution in [3.05, 3.63) is 58.6 Å². The highest BCUT2D eigenvalue weighted by Crippen LogP contribution is 2.19. The summed E-state index contributed by atoms with van der Waals surface area (Å²) in [5.74, 6) is -0.185. The summed E-state index contributed by atoms with van der Waals surface area (Å²) >= 11 is 6.07. The monoisotopic (exact) mass is 373 g/mol. The number of benzene rings is 2. The lowest BCUT2D eigenvalue weighted by molar-refractivity contribution is -0.114. The van der Waals surface area contributed by atoms with Crippen LogP contribution in [0, 0.1) is 6.92 Å². The number of amides is 2. The molecule has 0 aliphatic heterocycles. The zero-order chi connectivity index (χ0) is 19.1. The maximum atomic E-state index is 12.3. The van der Waals surface area contributed by atoms with Gasteiger partial charge in [0, 0.05) is 35.1 Å². The highest BCUT2D eigenvalue weighted by molar-refractivity contribution is 6.31. The molecule has 5 nitrogen and oxygen atoms in total. The third-order valence-corrected chi connectivity index (χ3v) is 4.50. The zero-order valence-corrected chi connectivity index (χ0v) is 16.1. The Labute approximate surface area is 159 Å². The predicted octanol–water partition coefficient (Wildman–Crippen LogP) is 4.18. The number of halogens is 1. The topological polar surface area (TPSA) is 61.4 Å². The van der Waals surface area contributed by atoms with Gasteiger partial charge in [0.2, 0.25) is 5.91 Å². The smallest absolute Gasteiger partial charge is 0.253 e. The van der Waals surface area contributed by atoms with Crippen LogP contribution in [0.15, 0.2) is 42.5 Å². The minimum atomic E-state index is -0.176. The van der Waals surface area contributed by atoms with E-state index in [1.54, 1.807) is 35.2 Å². The van der Waals surface area contributed by atoms with E-state index in [0.717, 1.165) is 11.3 Å². The second-order valence-electron chi connectivity index (χ2n) is 5.92. The maximum Gasteiger partial charge on any atom is 0.253 e. The second kappa shape index (κ2) is 9.25. The Morgan fingerprint density at radius 1 is 1.00 bits per heavy atom. The first-order valence-corrected chi connectivity index (χ1v) is 9.01. The summed E-state index contributed by atoms with van der Waals surface area (Å²) in [7, 11) is 0. The van der Waals surface area contributed by atoms with Crippen molar-refractivity contribution >= 4 is 34.8 Å². The van der Waals surface area contributed by atoms with Gasteiger partial charge in [-0.2, -0.15) is 0 Å². The van der Waals surface area contributed by atoms with Crippen LogP contribution in [-0.2, 0) is 4.79 Å². The van der Waals surface area contributed by atoms with E-state index < -0.39 is 0 Å². The minimum absolute atomic E-state index is 0.00853. The Hall–Kier alpha value is -2.53. The molecule has 0 heterocycles. The van der Waals surface area contributed by atoms with Crippen molar-refractivity contribution in [2.75, 3.05) is 30.3 Å². The molecule has 0 bridgehead atoms. The Balaban J connectivity index is 1.90. The van der Waals surface area contributed by atoms with Crippen LogP contribution in [0.2, 0.25) is 5.02 Å². The lowest BCUT2D eigenvalue weighted by Crippen LogP contribution is -2.30. The number of rotatable bonds is 7. The lowest BCUT2D eigenvalue weighted by atomic mass is 10.1. The van der Waals surface area contributed by atoms with Crippen molar-refractivity contribution in [2.45, 2.75) is 20.8 Å². The molecule has 2 amide bonds. The van der Waals surface area contributed by atoms with Crippen LogP contribution in [0.25, 0.3) is 0 Å². The Morgan fingerprint density at radius 3 is 2.19 bits per heavy atom. The number of carbonyl (C=O) groups is 2. The molecule has 138 valence electrons. The summed E-state index contributed by atoms with van der Waals surface area (Å²) in [6, 6.07) is 12.5. The highest BCUT2D eigenvalue weighted by Gasteiger charge is 2.12. The molecule has 0 atom stereocenters. The number of hydrogen-bond donors (Lipinski definition) is 2. The SMILES string of the molecule is CCN(CC)C(=O)c1ccc(NC(=O)CNc2ccc(C)c(Cl)c2)cc1. The van der Waals surface area contributed by atoms with E-state index in [1.165, 1.54) is 0 Å². The Kier molecular flexibility index (Phi) is 7.04. The van der Waals surface area contributed by atoms with Gasteiger partial charge in [-0.1, -0.05) is 17.7 Å². The van der Waals surface area contributed by atoms with Gasteiger partial charge in [-0.05, 0) is 62.7 Å². The van der Waals surface area contributed by atoms with Crippen LogP contribution in [-0.4, -0.2) is 36.3 Å². The van der Waals surface area contributed by atoms with E-state index in [4.69, 9.17) is 11.6 Å². The van der Waals surface area contributed by atoms with Gasteiger partial charge in [0.1, 0.15) is 0 Å². The average Bonchev–Trinajstić information content (AvgIpc) is 2.64. The largest absolute Gasteiger partial charge is 0.376 e. The van der Waals surface area contributed by atoms with E-state index in [-0.39, 0.29) is 18.4 Å². The molecule has 2 aromatic carbocycles. The normalized spacial score (nSPS) is 10.3. The van der Waals surface area contributed by atoms with Crippen molar-refractivity contribution < 1.29 is 9.59 Å². The maximum absolute atomic E-state index is 12.3. The summed E-state index contributed by atoms with van der Waals surface area (Å²) in [5.41, 5.74) is 3.03. The molecule has 2 aromatic rings. The van der Waals surface area contributed by atoms with Crippen molar-refractivity contribution in [1.82, 2.24) is 4.90 Å². The third kappa shape index (κ3) is 5.23. The molecule has 0 aromatic heterocycles. The quantitative estimate of drug-likeness (QED) is 0.765. The van der Waals surface area contributed by atoms with E-state index in [9.17, 15) is 9.59 Å². The Bertz CT molecular complexity index is 771. The van der Waals surface area contributed by atoms with Crippen molar-refractivity contribution in [3.8, 4) is 0 Å². The van der Waals surface area contributed by atoms with Crippen LogP contribution < -0.4 is 10.6 Å². The Morgan fingerprint density at radius 2 is 1.62 bits per heavy atom. The van der Waals surface area contributed by atoms with Gasteiger partial charge < -0.3 is 15.5 Å². The molecular weight excluding hydrogens is 350 g/mol. The standard InChI is InChI=1S/C20H24ClN3O2/c1-4-24(5-2)20(26)15-7-10-16(11-8-15)23-19(25)13-22-17-9-6-14(3)18(21)12-17/h6-12,22H,4-5,13H2,1-3H3,(H,23,25). The molecule has 0 radical (unpaired) electrons. The van der Waals surface area contributed by atoms with E-state index in [2.05, 4.69) is 10.6 Å². The van der Waals surface area contributed by atoms with Crippen LogP contribution in [0.4, 0.5) is 11.4 Å². The fraction of sp³-hybridized carbons (Fsp3) is 0.300. The fourth-order valence-electron chi connectivity index (χ4n) is 2.48. The summed E-state index contributed by atoms with van der Waals surface area (Å²) in [6.45, 7) is 7.28. The molecule has 0 aliphatic carbocycles. The van der Waals surface area contributed by atoms with Crippen molar-refractivity contribution in [2.24, 2.45) is 0 Å². The lowest BCUT2D eigenvalue weighted by Gasteiger charge is -2.18. The highest BCUT2D eigenvalue weighted by atomic mass is 35.5. The molecule has 0 fully saturated rings. The predicted molar refractivity (Wildman–Crippen MR) is 107 cm³/mol. The molecule has 2 N–H and O–H groups in total. The van der Waals surface area contributed by atoms with Crippen molar-refractivity contribution in [1.29, 1.82) is 0 Å². The molecule has 26 heavy (non-hydrogen) atoms. The van der Waals surface area contributed by atoms with Gasteiger partial charge in [0.15, 0.2) is 0 Å². The summed E-state index contributed by atoms with van der Waals surface area (Å²) in [5, 5.41) is 6.49. The van der Waals surface area contributed by atoms with Crippen molar-refractivity contribution in [3.63, 3.8) is 0 Å². The van der Waals surface area contributed by atoms with Gasteiger partial charge in [0.05, 0.1) is 6.54 Å². The first-order chi connectivity index (χ1) is 12.4. The van der Waals surface area contributed by atoms with Crippen LogP contribution in [0.3, 0.4) is 0 Å². The summed E-state index contributed by atoms with van der Waals surface area (Å²) in [4.78, 5) is 26.1. The average molecular weight is 374 g/mol. The third-order valence-electron chi connectivity index (χ3n) is 4.09. The number of carbonyl (C=O) groups excluding carboxylic acids is 2. The summed E-state index contributed by atoms with van der Waals surface area (Å²) in [6.07, 6.45) is 0. The number of aryl methyl sites for hydroxylation is 1. The first kappa shape index (κ1) is 19.8. The molecule has 0 spiro atoms. The van der Waals surface area contributed by atoms with Crippen LogP contribution in [0.1, 0.15) is 29.8 Å². The number of anilines is 2. The van der Waals surface area contributed by atoms with Crippen LogP contribution in [0.5, 0.6) is 0 Å². The molecular formula is C20H24ClN3O2.